The molecule has 0 saturated heterocycles. The SMILES string of the molecule is C=C(C)[C@H]1CC[C@H]2[C@@H]3CC=C4C[C@](O)(CC)CC[C@@H]4[C@H]3CC[C@]12C.CC[C@]1(O)CC[C@H]2C(=CC[C@@H]3[C@@H]2CC[C@]2(C)[C@@H]([C@H](C)C/C=C/C(=O)OC)CC[C@@H]32)C1.CC[C@]1(O)CC[C@H]2C(=CC[C@@H]3[C@@H]2CC[C@]2(C)[C@@H]([C@H](C)C/C=C\C(=O)OC)CC[C@@H]32)C1.COC(=O)/C=C\Br. The summed E-state index contributed by atoms with van der Waals surface area (Å²) in [5.74, 6) is 12.7. The fraction of sp³-hybridized carbons (Fsp3) is 0.790. The second kappa shape index (κ2) is 30.2. The van der Waals surface area contributed by atoms with Crippen molar-refractivity contribution < 1.29 is 43.9 Å². The van der Waals surface area contributed by atoms with E-state index in [1.165, 1.54) is 154 Å². The number of rotatable bonds is 13. The molecule has 0 aliphatic heterocycles. The first kappa shape index (κ1) is 72.2. The standard InChI is InChI=1S/2C27H42O3.C23H36O.C4H5BrO2/c2*1-5-27(29)16-14-20-19(17-27)9-10-22-21(20)13-15-26(3)23(11-12-24(22)26)18(2)7-6-8-25(28)30-4;1-5-23(24)13-11-17-16(14-23)6-7-19-18(17)10-12-22(4)20(15(2)3)8-9-21(19)22;1-7-4(6)2-3-5/h2*6,8-9,18,20-24,29H,5,7,10-17H2,1-4H3;6,17-21,24H,2,5,7-14H2,1,3-4H3;2-3H,1H3/b8-6+;8-6-;;3-2-/t2*18-,20+,21-,22-,23-,24+,26-,27+;17-,18+,19+,20+,21-,22+,23-;/m110./s1. The minimum Gasteiger partial charge on any atom is -0.466 e. The zero-order chi connectivity index (χ0) is 65.8. The van der Waals surface area contributed by atoms with Crippen molar-refractivity contribution in [3.05, 3.63) is 82.5 Å². The van der Waals surface area contributed by atoms with Gasteiger partial charge in [-0.15, -0.1) is 0 Å². The summed E-state index contributed by atoms with van der Waals surface area (Å²) in [5, 5.41) is 32.4. The van der Waals surface area contributed by atoms with Crippen LogP contribution in [0.4, 0.5) is 0 Å². The number of esters is 3. The minimum absolute atomic E-state index is 0.245. The molecule has 0 aromatic heterocycles. The van der Waals surface area contributed by atoms with E-state index in [0.29, 0.717) is 28.1 Å². The van der Waals surface area contributed by atoms with Crippen LogP contribution >= 0.6 is 15.9 Å². The summed E-state index contributed by atoms with van der Waals surface area (Å²) in [6, 6.07) is 0. The molecule has 0 heterocycles. The Morgan fingerprint density at radius 1 is 0.505 bits per heavy atom. The van der Waals surface area contributed by atoms with Crippen molar-refractivity contribution in [3.63, 3.8) is 0 Å². The number of carbonyl (C=O) groups excluding carboxylic acids is 3. The van der Waals surface area contributed by atoms with Crippen molar-refractivity contribution in [2.45, 2.75) is 265 Å². The molecule has 0 amide bonds. The van der Waals surface area contributed by atoms with Gasteiger partial charge in [0.15, 0.2) is 0 Å². The zero-order valence-corrected chi connectivity index (χ0v) is 60.5. The fourth-order valence-corrected chi connectivity index (χ4v) is 24.3. The number of aliphatic hydroxyl groups is 3. The first-order valence-corrected chi connectivity index (χ1v) is 38.0. The summed E-state index contributed by atoms with van der Waals surface area (Å²) in [7, 11) is 4.21. The van der Waals surface area contributed by atoms with Crippen molar-refractivity contribution in [1.82, 2.24) is 0 Å². The molecule has 91 heavy (non-hydrogen) atoms. The Hall–Kier alpha value is -3.05. The Labute approximate surface area is 560 Å². The third-order valence-corrected chi connectivity index (χ3v) is 29.5. The lowest BCUT2D eigenvalue weighted by molar-refractivity contribution is -0.135. The van der Waals surface area contributed by atoms with E-state index in [2.05, 4.69) is 108 Å². The molecule has 0 bridgehead atoms. The molecule has 0 aromatic rings. The average Bonchev–Trinajstić information content (AvgIpc) is 1.71. The number of halogens is 1. The topological polar surface area (TPSA) is 140 Å². The number of ether oxygens (including phenoxy) is 3. The van der Waals surface area contributed by atoms with Gasteiger partial charge < -0.3 is 29.5 Å². The zero-order valence-electron chi connectivity index (χ0n) is 58.9. The molecule has 3 N–H and O–H groups in total. The van der Waals surface area contributed by atoms with Crippen LogP contribution in [0.2, 0.25) is 0 Å². The highest BCUT2D eigenvalue weighted by atomic mass is 79.9. The van der Waals surface area contributed by atoms with Crippen molar-refractivity contribution in [2.75, 3.05) is 21.3 Å². The largest absolute Gasteiger partial charge is 0.466 e. The monoisotopic (exact) mass is 1320 g/mol. The van der Waals surface area contributed by atoms with Gasteiger partial charge in [-0.3, -0.25) is 0 Å². The molecule has 510 valence electrons. The second-order valence-electron chi connectivity index (χ2n) is 33.1. The highest BCUT2D eigenvalue weighted by Gasteiger charge is 2.60. The van der Waals surface area contributed by atoms with Crippen LogP contribution in [-0.4, -0.2) is 71.4 Å². The molecule has 0 unspecified atom stereocenters. The van der Waals surface area contributed by atoms with E-state index in [9.17, 15) is 29.7 Å². The van der Waals surface area contributed by atoms with Gasteiger partial charge in [0.25, 0.3) is 0 Å². The number of methoxy groups -OCH3 is 3. The molecule has 12 rings (SSSR count). The summed E-state index contributed by atoms with van der Waals surface area (Å²) in [5.41, 5.74) is 6.34. The number of allylic oxidation sites excluding steroid dienone is 6. The van der Waals surface area contributed by atoms with Gasteiger partial charge in [-0.25, -0.2) is 14.4 Å². The molecule has 0 aromatic carbocycles. The van der Waals surface area contributed by atoms with E-state index < -0.39 is 16.8 Å². The van der Waals surface area contributed by atoms with E-state index in [1.807, 2.05) is 12.2 Å². The van der Waals surface area contributed by atoms with E-state index in [0.717, 1.165) is 159 Å². The summed E-state index contributed by atoms with van der Waals surface area (Å²) in [6.07, 6.45) is 50.4. The van der Waals surface area contributed by atoms with Crippen LogP contribution in [0.1, 0.15) is 249 Å². The van der Waals surface area contributed by atoms with E-state index >= 15 is 0 Å². The molecule has 12 aliphatic rings. The van der Waals surface area contributed by atoms with Crippen LogP contribution in [0.15, 0.2) is 82.5 Å². The lowest BCUT2D eigenvalue weighted by Gasteiger charge is -2.55. The Morgan fingerprint density at radius 2 is 0.835 bits per heavy atom. The van der Waals surface area contributed by atoms with E-state index in [-0.39, 0.29) is 17.9 Å². The Morgan fingerprint density at radius 3 is 1.15 bits per heavy atom. The van der Waals surface area contributed by atoms with Gasteiger partial charge >= 0.3 is 17.9 Å². The lowest BCUT2D eigenvalue weighted by Crippen LogP contribution is -2.48. The van der Waals surface area contributed by atoms with Gasteiger partial charge in [-0.1, -0.05) is 131 Å². The highest BCUT2D eigenvalue weighted by molar-refractivity contribution is 9.11. The van der Waals surface area contributed by atoms with Crippen LogP contribution in [0.3, 0.4) is 0 Å². The molecule has 10 heteroatoms. The van der Waals surface area contributed by atoms with E-state index in [1.54, 1.807) is 28.9 Å². The van der Waals surface area contributed by atoms with Gasteiger partial charge in [0.05, 0.1) is 38.1 Å². The minimum atomic E-state index is -0.441. The normalized spacial score (nSPS) is 43.1. The smallest absolute Gasteiger partial charge is 0.330 e. The van der Waals surface area contributed by atoms with Crippen molar-refractivity contribution >= 4 is 33.8 Å². The van der Waals surface area contributed by atoms with Crippen molar-refractivity contribution in [1.29, 1.82) is 0 Å². The molecule has 9 nitrogen and oxygen atoms in total. The maximum Gasteiger partial charge on any atom is 0.330 e. The number of carbonyl (C=O) groups is 3. The summed E-state index contributed by atoms with van der Waals surface area (Å²) >= 11 is 2.91. The maximum atomic E-state index is 11.4. The quantitative estimate of drug-likeness (QED) is 0.0712. The van der Waals surface area contributed by atoms with Crippen LogP contribution in [-0.2, 0) is 28.6 Å². The first-order chi connectivity index (χ1) is 43.3. The molecule has 0 spiro atoms. The number of hydrogen-bond donors (Lipinski definition) is 3. The lowest BCUT2D eigenvalue weighted by atomic mass is 9.50. The fourth-order valence-electron chi connectivity index (χ4n) is 24.1. The predicted octanol–water partition coefficient (Wildman–Crippen LogP) is 19.1. The highest BCUT2D eigenvalue weighted by Crippen LogP contribution is 2.68. The predicted molar refractivity (Wildman–Crippen MR) is 372 cm³/mol. The molecule has 0 radical (unpaired) electrons. The van der Waals surface area contributed by atoms with E-state index in [4.69, 9.17) is 9.47 Å². The van der Waals surface area contributed by atoms with Gasteiger partial charge in [0.2, 0.25) is 0 Å². The van der Waals surface area contributed by atoms with Crippen LogP contribution in [0.25, 0.3) is 0 Å². The maximum absolute atomic E-state index is 11.4. The van der Waals surface area contributed by atoms with Crippen LogP contribution < -0.4 is 0 Å². The molecule has 23 atom stereocenters. The Bertz CT molecular complexity index is 2620. The molecular formula is C81H125BrO9. The summed E-state index contributed by atoms with van der Waals surface area (Å²) in [6.45, 7) is 25.5. The van der Waals surface area contributed by atoms with Crippen LogP contribution in [0.5, 0.6) is 0 Å². The second-order valence-corrected chi connectivity index (χ2v) is 33.6. The first-order valence-electron chi connectivity index (χ1n) is 37.0. The number of fused-ring (bicyclic) bond motifs is 15. The summed E-state index contributed by atoms with van der Waals surface area (Å²) in [4.78, 5) is 34.3. The average molecular weight is 1320 g/mol. The number of hydrogen-bond acceptors (Lipinski definition) is 9. The van der Waals surface area contributed by atoms with Gasteiger partial charge in [-0.2, -0.15) is 0 Å². The Balaban J connectivity index is 0.000000154. The van der Waals surface area contributed by atoms with Crippen molar-refractivity contribution in [3.8, 4) is 0 Å². The summed E-state index contributed by atoms with van der Waals surface area (Å²) < 4.78 is 13.7. The third-order valence-electron chi connectivity index (χ3n) is 29.2. The Kier molecular flexibility index (Phi) is 23.9. The van der Waals surface area contributed by atoms with Gasteiger partial charge in [0, 0.05) is 18.2 Å². The molecule has 9 saturated carbocycles. The van der Waals surface area contributed by atoms with Gasteiger partial charge in [0.1, 0.15) is 0 Å². The third kappa shape index (κ3) is 15.1. The molecule has 12 aliphatic carbocycles. The van der Waals surface area contributed by atoms with Crippen LogP contribution in [0, 0.1) is 117 Å². The molecular weight excluding hydrogens is 1200 g/mol. The molecule has 9 fully saturated rings. The van der Waals surface area contributed by atoms with Gasteiger partial charge in [-0.05, 0) is 315 Å². The van der Waals surface area contributed by atoms with Crippen molar-refractivity contribution in [2.24, 2.45) is 117 Å².